The highest BCUT2D eigenvalue weighted by Gasteiger charge is 2.03. The normalized spacial score (nSPS) is 13.3. The average Bonchev–Trinajstić information content (AvgIpc) is 2.17. The van der Waals surface area contributed by atoms with Crippen LogP contribution in [0.25, 0.3) is 0 Å². The van der Waals surface area contributed by atoms with Gasteiger partial charge in [0.1, 0.15) is 5.70 Å². The molecule has 2 N–H and O–H groups in total. The molecule has 0 fully saturated rings. The molecule has 0 rings (SSSR count). The van der Waals surface area contributed by atoms with Crippen molar-refractivity contribution < 1.29 is 4.39 Å². The number of rotatable bonds is 5. The fourth-order valence-electron chi connectivity index (χ4n) is 1.02. The lowest BCUT2D eigenvalue weighted by molar-refractivity contribution is 0.622. The van der Waals surface area contributed by atoms with E-state index in [1.54, 1.807) is 6.21 Å². The molecule has 0 bridgehead atoms. The van der Waals surface area contributed by atoms with E-state index in [0.29, 0.717) is 12.1 Å². The zero-order valence-corrected chi connectivity index (χ0v) is 10.4. The highest BCUT2D eigenvalue weighted by atomic mass is 19.1. The Bertz CT molecular complexity index is 334. The molecule has 0 saturated heterocycles. The Hall–Kier alpha value is -1.45. The second-order valence-electron chi connectivity index (χ2n) is 3.50. The van der Waals surface area contributed by atoms with Gasteiger partial charge in [0.2, 0.25) is 5.95 Å². The lowest BCUT2D eigenvalue weighted by atomic mass is 10.2. The van der Waals surface area contributed by atoms with Crippen LogP contribution in [0.1, 0.15) is 40.5 Å². The van der Waals surface area contributed by atoms with Gasteiger partial charge in [-0.1, -0.05) is 13.8 Å². The van der Waals surface area contributed by atoms with Gasteiger partial charge >= 0.3 is 0 Å². The summed E-state index contributed by atoms with van der Waals surface area (Å²) < 4.78 is 13.1. The predicted molar refractivity (Wildman–Crippen MR) is 68.3 cm³/mol. The van der Waals surface area contributed by atoms with Gasteiger partial charge in [-0.2, -0.15) is 4.39 Å². The molecular weight excluding hydrogens is 205 g/mol. The number of amidine groups is 1. The maximum Gasteiger partial charge on any atom is 0.210 e. The second-order valence-corrected chi connectivity index (χ2v) is 3.50. The van der Waals surface area contributed by atoms with E-state index in [1.165, 1.54) is 6.08 Å². The van der Waals surface area contributed by atoms with Crippen molar-refractivity contribution in [2.24, 2.45) is 15.7 Å². The molecular formula is C12H20FN3. The fraction of sp³-hybridized carbons (Fsp3) is 0.500. The summed E-state index contributed by atoms with van der Waals surface area (Å²) in [5, 5.41) is 0. The molecule has 0 aliphatic rings. The summed E-state index contributed by atoms with van der Waals surface area (Å²) >= 11 is 0. The highest BCUT2D eigenvalue weighted by Crippen LogP contribution is 2.08. The van der Waals surface area contributed by atoms with E-state index in [0.717, 1.165) is 12.0 Å². The molecule has 3 nitrogen and oxygen atoms in total. The van der Waals surface area contributed by atoms with E-state index in [4.69, 9.17) is 5.73 Å². The van der Waals surface area contributed by atoms with E-state index in [-0.39, 0.29) is 5.84 Å². The molecule has 0 heterocycles. The Morgan fingerprint density at radius 2 is 1.88 bits per heavy atom. The van der Waals surface area contributed by atoms with Gasteiger partial charge in [0, 0.05) is 6.21 Å². The van der Waals surface area contributed by atoms with Crippen LogP contribution in [0.5, 0.6) is 0 Å². The van der Waals surface area contributed by atoms with Gasteiger partial charge in [-0.15, -0.1) is 0 Å². The van der Waals surface area contributed by atoms with Crippen LogP contribution in [0.15, 0.2) is 33.3 Å². The lowest BCUT2D eigenvalue weighted by Crippen LogP contribution is -2.15. The van der Waals surface area contributed by atoms with Gasteiger partial charge in [0.25, 0.3) is 0 Å². The molecule has 16 heavy (non-hydrogen) atoms. The van der Waals surface area contributed by atoms with Crippen molar-refractivity contribution in [1.82, 2.24) is 0 Å². The summed E-state index contributed by atoms with van der Waals surface area (Å²) in [4.78, 5) is 7.82. The van der Waals surface area contributed by atoms with Crippen LogP contribution >= 0.6 is 0 Å². The minimum atomic E-state index is -0.564. The Morgan fingerprint density at radius 1 is 1.25 bits per heavy atom. The summed E-state index contributed by atoms with van der Waals surface area (Å²) in [5.41, 5.74) is 7.14. The molecule has 0 radical (unpaired) electrons. The number of nitrogens with zero attached hydrogens (tertiary/aromatic N) is 2. The van der Waals surface area contributed by atoms with Crippen LogP contribution in [0, 0.1) is 0 Å². The molecule has 0 unspecified atom stereocenters. The molecule has 0 spiro atoms. The van der Waals surface area contributed by atoms with Gasteiger partial charge in [-0.3, -0.25) is 4.99 Å². The molecule has 0 aromatic carbocycles. The monoisotopic (exact) mass is 225 g/mol. The summed E-state index contributed by atoms with van der Waals surface area (Å²) in [6, 6.07) is 0. The number of hydrogen-bond donors (Lipinski definition) is 1. The Morgan fingerprint density at radius 3 is 2.31 bits per heavy atom. The summed E-state index contributed by atoms with van der Waals surface area (Å²) in [7, 11) is 0. The molecule has 0 saturated carbocycles. The molecule has 0 amide bonds. The Balaban J connectivity index is 5.05. The molecule has 0 aliphatic heterocycles. The summed E-state index contributed by atoms with van der Waals surface area (Å²) in [5.74, 6) is -0.447. The quantitative estimate of drug-likeness (QED) is 0.435. The predicted octanol–water partition coefficient (Wildman–Crippen LogP) is 3.34. The third-order valence-corrected chi connectivity index (χ3v) is 1.72. The van der Waals surface area contributed by atoms with E-state index in [1.807, 2.05) is 27.7 Å². The van der Waals surface area contributed by atoms with Crippen LogP contribution in [-0.4, -0.2) is 12.1 Å². The van der Waals surface area contributed by atoms with E-state index < -0.39 is 5.95 Å². The molecule has 90 valence electrons. The smallest absolute Gasteiger partial charge is 0.210 e. The van der Waals surface area contributed by atoms with Crippen molar-refractivity contribution in [2.45, 2.75) is 40.5 Å². The van der Waals surface area contributed by atoms with Crippen molar-refractivity contribution in [1.29, 1.82) is 0 Å². The third kappa shape index (κ3) is 5.44. The minimum Gasteiger partial charge on any atom is -0.382 e. The van der Waals surface area contributed by atoms with Gasteiger partial charge < -0.3 is 5.73 Å². The number of allylic oxidation sites excluding steroid dienone is 2. The summed E-state index contributed by atoms with van der Waals surface area (Å²) in [6.07, 6.45) is 4.49. The SMILES string of the molecule is CCC=NC(=C(C)C)/C(N)=N\C(F)=C\CC. The Kier molecular flexibility index (Phi) is 7.09. The summed E-state index contributed by atoms with van der Waals surface area (Å²) in [6.45, 7) is 7.54. The van der Waals surface area contributed by atoms with E-state index >= 15 is 0 Å². The van der Waals surface area contributed by atoms with E-state index in [2.05, 4.69) is 9.98 Å². The fourth-order valence-corrected chi connectivity index (χ4v) is 1.02. The average molecular weight is 225 g/mol. The van der Waals surface area contributed by atoms with Crippen LogP contribution in [0.3, 0.4) is 0 Å². The van der Waals surface area contributed by atoms with Crippen molar-refractivity contribution in [2.75, 3.05) is 0 Å². The zero-order chi connectivity index (χ0) is 12.6. The molecule has 0 aliphatic carbocycles. The van der Waals surface area contributed by atoms with Gasteiger partial charge in [-0.05, 0) is 38.3 Å². The van der Waals surface area contributed by atoms with Gasteiger partial charge in [-0.25, -0.2) is 4.99 Å². The van der Waals surface area contributed by atoms with E-state index in [9.17, 15) is 4.39 Å². The van der Waals surface area contributed by atoms with Crippen LogP contribution in [0.4, 0.5) is 4.39 Å². The van der Waals surface area contributed by atoms with Crippen LogP contribution < -0.4 is 5.73 Å². The molecule has 0 aromatic heterocycles. The second kappa shape index (κ2) is 7.79. The number of aliphatic imine (C=N–C) groups is 2. The number of nitrogens with two attached hydrogens (primary N) is 1. The first-order chi connectivity index (χ1) is 7.52. The standard InChI is InChI=1S/C12H20FN3/c1-5-7-10(13)16-12(14)11(9(3)4)15-8-6-2/h7-8H,5-6H2,1-4H3,(H2,14,16)/b10-7+,15-8?. The molecule has 0 atom stereocenters. The zero-order valence-electron chi connectivity index (χ0n) is 10.4. The van der Waals surface area contributed by atoms with Crippen molar-refractivity contribution >= 4 is 12.1 Å². The first-order valence-corrected chi connectivity index (χ1v) is 5.43. The minimum absolute atomic E-state index is 0.118. The van der Waals surface area contributed by atoms with Gasteiger partial charge in [0.15, 0.2) is 5.84 Å². The van der Waals surface area contributed by atoms with Crippen LogP contribution in [0.2, 0.25) is 0 Å². The molecule has 0 aromatic rings. The lowest BCUT2D eigenvalue weighted by Gasteiger charge is -2.03. The maximum atomic E-state index is 13.1. The van der Waals surface area contributed by atoms with Gasteiger partial charge in [0.05, 0.1) is 0 Å². The third-order valence-electron chi connectivity index (χ3n) is 1.72. The molecule has 4 heteroatoms. The van der Waals surface area contributed by atoms with Crippen LogP contribution in [-0.2, 0) is 0 Å². The largest absolute Gasteiger partial charge is 0.382 e. The highest BCUT2D eigenvalue weighted by molar-refractivity contribution is 5.98. The van der Waals surface area contributed by atoms with Crippen molar-refractivity contribution in [3.8, 4) is 0 Å². The maximum absolute atomic E-state index is 13.1. The topological polar surface area (TPSA) is 50.7 Å². The van der Waals surface area contributed by atoms with Crippen molar-refractivity contribution in [3.63, 3.8) is 0 Å². The number of hydrogen-bond acceptors (Lipinski definition) is 2. The first kappa shape index (κ1) is 14.6. The number of halogens is 1. The van der Waals surface area contributed by atoms with Crippen molar-refractivity contribution in [3.05, 3.63) is 23.3 Å². The Labute approximate surface area is 96.7 Å². The first-order valence-electron chi connectivity index (χ1n) is 5.43.